The zero-order valence-corrected chi connectivity index (χ0v) is 27.1. The standard InChI is InChI=1S/C35H33BN5.Pt/c1-24-18-25(2)35(26(3)19-24)36(31-16-11-17-32(21-31)41-23-39(5)27(4)37-41)30-15-10-14-29(20-30)33-22-34(40(6)38-33)28-12-8-7-9-13-28;/h7-19,22-23H,1-6H3;/q-3;. The molecule has 7 heteroatoms. The molecule has 5 aromatic rings. The summed E-state index contributed by atoms with van der Waals surface area (Å²) in [6, 6.07) is 37.2. The van der Waals surface area contributed by atoms with E-state index in [9.17, 15) is 0 Å². The van der Waals surface area contributed by atoms with Crippen LogP contribution in [0.2, 0.25) is 0 Å². The molecule has 1 aromatic heterocycles. The smallest absolute Gasteiger partial charge is 0.198 e. The number of hydrogen-bond acceptors (Lipinski definition) is 4. The van der Waals surface area contributed by atoms with E-state index < -0.39 is 0 Å². The summed E-state index contributed by atoms with van der Waals surface area (Å²) < 4.78 is 1.94. The van der Waals surface area contributed by atoms with E-state index in [-0.39, 0.29) is 27.8 Å². The van der Waals surface area contributed by atoms with Crippen LogP contribution in [0.3, 0.4) is 0 Å². The molecule has 2 heterocycles. The molecule has 0 bridgehead atoms. The van der Waals surface area contributed by atoms with E-state index in [1.807, 2.05) is 48.3 Å². The SMILES string of the molecule is CC1=NN(c2[c-]c(B(c3[c-]c(-c4cc(-c5ccccc5)n(C)n4)ccc3)c3c(C)cc(C)cc3C)ccc2)[CH-]N1C.[Pt]. The summed E-state index contributed by atoms with van der Waals surface area (Å²) >= 11 is 0. The molecule has 0 atom stereocenters. The van der Waals surface area contributed by atoms with Crippen LogP contribution in [0.5, 0.6) is 0 Å². The Morgan fingerprint density at radius 2 is 1.43 bits per heavy atom. The zero-order chi connectivity index (χ0) is 28.7. The molecule has 6 rings (SSSR count). The van der Waals surface area contributed by atoms with Gasteiger partial charge in [0.2, 0.25) is 0 Å². The van der Waals surface area contributed by atoms with Gasteiger partial charge in [-0.25, -0.2) is 5.10 Å². The van der Waals surface area contributed by atoms with Crippen molar-refractivity contribution >= 4 is 34.6 Å². The van der Waals surface area contributed by atoms with E-state index in [0.29, 0.717) is 0 Å². The van der Waals surface area contributed by atoms with Crippen LogP contribution in [0, 0.1) is 39.6 Å². The number of hydrogen-bond donors (Lipinski definition) is 0. The molecule has 214 valence electrons. The van der Waals surface area contributed by atoms with Crippen molar-refractivity contribution in [1.29, 1.82) is 0 Å². The second-order valence-corrected chi connectivity index (χ2v) is 10.9. The first-order chi connectivity index (χ1) is 19.8. The van der Waals surface area contributed by atoms with Crippen molar-refractivity contribution in [3.05, 3.63) is 120 Å². The number of benzene rings is 4. The van der Waals surface area contributed by atoms with E-state index in [1.165, 1.54) is 22.2 Å². The maximum absolute atomic E-state index is 4.88. The Kier molecular flexibility index (Phi) is 8.56. The summed E-state index contributed by atoms with van der Waals surface area (Å²) in [4.78, 5) is 2.01. The van der Waals surface area contributed by atoms with E-state index >= 15 is 0 Å². The Morgan fingerprint density at radius 1 is 0.762 bits per heavy atom. The van der Waals surface area contributed by atoms with Gasteiger partial charge < -0.3 is 9.91 Å². The number of aryl methyl sites for hydroxylation is 4. The average molecular weight is 730 g/mol. The fourth-order valence-corrected chi connectivity index (χ4v) is 5.80. The molecule has 0 fully saturated rings. The fourth-order valence-electron chi connectivity index (χ4n) is 5.80. The first-order valence-corrected chi connectivity index (χ1v) is 13.9. The number of anilines is 1. The van der Waals surface area contributed by atoms with Gasteiger partial charge in [0.1, 0.15) is 0 Å². The second kappa shape index (κ2) is 12.2. The Morgan fingerprint density at radius 3 is 2.10 bits per heavy atom. The molecule has 0 saturated heterocycles. The van der Waals surface area contributed by atoms with Crippen LogP contribution in [0.4, 0.5) is 5.69 Å². The quantitative estimate of drug-likeness (QED) is 0.183. The maximum Gasteiger partial charge on any atom is 0.198 e. The minimum absolute atomic E-state index is 0. The largest absolute Gasteiger partial charge is 0.491 e. The van der Waals surface area contributed by atoms with Gasteiger partial charge in [0.05, 0.1) is 11.5 Å². The van der Waals surface area contributed by atoms with Gasteiger partial charge >= 0.3 is 0 Å². The molecule has 0 aliphatic carbocycles. The van der Waals surface area contributed by atoms with E-state index in [1.54, 1.807) is 0 Å². The van der Waals surface area contributed by atoms with Crippen molar-refractivity contribution in [1.82, 2.24) is 14.7 Å². The van der Waals surface area contributed by atoms with Crippen LogP contribution in [-0.4, -0.2) is 34.3 Å². The van der Waals surface area contributed by atoms with Gasteiger partial charge in [0.15, 0.2) is 6.71 Å². The van der Waals surface area contributed by atoms with Crippen molar-refractivity contribution in [3.8, 4) is 22.5 Å². The van der Waals surface area contributed by atoms with Crippen molar-refractivity contribution in [3.63, 3.8) is 0 Å². The molecule has 42 heavy (non-hydrogen) atoms. The predicted molar refractivity (Wildman–Crippen MR) is 171 cm³/mol. The Hall–Kier alpha value is -3.89. The summed E-state index contributed by atoms with van der Waals surface area (Å²) in [5, 5.41) is 11.5. The Labute approximate surface area is 264 Å². The van der Waals surface area contributed by atoms with Gasteiger partial charge in [-0.15, -0.1) is 42.6 Å². The monoisotopic (exact) mass is 729 g/mol. The molecule has 1 aliphatic rings. The van der Waals surface area contributed by atoms with Gasteiger partial charge in [0, 0.05) is 33.8 Å². The number of hydrazone groups is 1. The number of rotatable bonds is 6. The summed E-state index contributed by atoms with van der Waals surface area (Å²) in [6.07, 6.45) is 0. The first-order valence-electron chi connectivity index (χ1n) is 13.9. The van der Waals surface area contributed by atoms with Crippen LogP contribution in [0.15, 0.2) is 90.0 Å². The topological polar surface area (TPSA) is 36.7 Å². The summed E-state index contributed by atoms with van der Waals surface area (Å²) in [7, 11) is 4.00. The summed E-state index contributed by atoms with van der Waals surface area (Å²) in [5.74, 6) is 0.942. The van der Waals surface area contributed by atoms with Gasteiger partial charge in [-0.3, -0.25) is 4.68 Å². The number of amidine groups is 1. The van der Waals surface area contributed by atoms with Crippen molar-refractivity contribution in [2.24, 2.45) is 12.1 Å². The summed E-state index contributed by atoms with van der Waals surface area (Å²) in [6.45, 7) is 10.5. The third-order valence-electron chi connectivity index (χ3n) is 7.79. The zero-order valence-electron chi connectivity index (χ0n) is 24.8. The predicted octanol–water partition coefficient (Wildman–Crippen LogP) is 5.00. The molecule has 4 aromatic carbocycles. The van der Waals surface area contributed by atoms with Crippen LogP contribution in [0.25, 0.3) is 22.5 Å². The molecule has 0 unspecified atom stereocenters. The second-order valence-electron chi connectivity index (χ2n) is 10.9. The van der Waals surface area contributed by atoms with E-state index in [0.717, 1.165) is 45.0 Å². The molecular weight excluding hydrogens is 696 g/mol. The van der Waals surface area contributed by atoms with Gasteiger partial charge in [-0.1, -0.05) is 76.4 Å². The number of aromatic nitrogens is 2. The minimum Gasteiger partial charge on any atom is -0.491 e. The normalized spacial score (nSPS) is 12.8. The number of nitrogens with zero attached hydrogens (tertiary/aromatic N) is 5. The van der Waals surface area contributed by atoms with Gasteiger partial charge in [-0.2, -0.15) is 34.2 Å². The third kappa shape index (κ3) is 5.73. The molecule has 0 spiro atoms. The van der Waals surface area contributed by atoms with Crippen LogP contribution < -0.4 is 21.4 Å². The molecule has 5 nitrogen and oxygen atoms in total. The molecule has 0 saturated carbocycles. The summed E-state index contributed by atoms with van der Waals surface area (Å²) in [5.41, 5.74) is 12.2. The Bertz CT molecular complexity index is 1740. The molecule has 0 radical (unpaired) electrons. The average Bonchev–Trinajstić information content (AvgIpc) is 3.52. The van der Waals surface area contributed by atoms with E-state index in [2.05, 4.69) is 112 Å². The van der Waals surface area contributed by atoms with Crippen LogP contribution in [-0.2, 0) is 28.1 Å². The van der Waals surface area contributed by atoms with Crippen molar-refractivity contribution in [2.45, 2.75) is 27.7 Å². The molecule has 0 amide bonds. The van der Waals surface area contributed by atoms with Crippen molar-refractivity contribution < 1.29 is 21.1 Å². The molecule has 0 N–H and O–H groups in total. The van der Waals surface area contributed by atoms with Gasteiger partial charge in [-0.05, 0) is 40.3 Å². The van der Waals surface area contributed by atoms with Crippen LogP contribution in [0.1, 0.15) is 23.6 Å². The fraction of sp³-hybridized carbons (Fsp3) is 0.171. The van der Waals surface area contributed by atoms with E-state index in [4.69, 9.17) is 10.2 Å². The molecular formula is C35H33BN5Pt-3. The van der Waals surface area contributed by atoms with Gasteiger partial charge in [0.25, 0.3) is 0 Å². The first kappa shape index (κ1) is 29.6. The van der Waals surface area contributed by atoms with Crippen molar-refractivity contribution in [2.75, 3.05) is 12.1 Å². The van der Waals surface area contributed by atoms with Crippen LogP contribution >= 0.6 is 0 Å². The maximum atomic E-state index is 4.88. The Balaban J connectivity index is 0.00000353. The minimum atomic E-state index is -0.0572. The molecule has 1 aliphatic heterocycles. The third-order valence-corrected chi connectivity index (χ3v) is 7.79.